The number of hydrogen-bond donors (Lipinski definition) is 2. The van der Waals surface area contributed by atoms with E-state index in [9.17, 15) is 19.4 Å². The second-order valence-corrected chi connectivity index (χ2v) is 20.9. The summed E-state index contributed by atoms with van der Waals surface area (Å²) in [6, 6.07) is -0.940. The fourth-order valence-electron chi connectivity index (χ4n) is 7.12. The Morgan fingerprint density at radius 2 is 0.861 bits per heavy atom. The summed E-state index contributed by atoms with van der Waals surface area (Å²) in [6.45, 7) is 4.45. The van der Waals surface area contributed by atoms with Crippen molar-refractivity contribution >= 4 is 13.7 Å². The van der Waals surface area contributed by atoms with E-state index in [1.807, 2.05) is 27.2 Å². The topological polar surface area (TPSA) is 108 Å². The molecule has 0 saturated carbocycles. The maximum Gasteiger partial charge on any atom is 0.268 e. The molecule has 0 spiro atoms. The van der Waals surface area contributed by atoms with E-state index < -0.39 is 26.6 Å². The third-order valence-corrected chi connectivity index (χ3v) is 12.5. The van der Waals surface area contributed by atoms with E-state index in [0.29, 0.717) is 23.9 Å². The number of unbranched alkanes of at least 4 members (excludes halogenated alkanes) is 14. The van der Waals surface area contributed by atoms with Crippen molar-refractivity contribution in [1.82, 2.24) is 5.32 Å². The largest absolute Gasteiger partial charge is 0.756 e. The average Bonchev–Trinajstić information content (AvgIpc) is 3.34. The summed E-state index contributed by atoms with van der Waals surface area (Å²) < 4.78 is 23.3. The van der Waals surface area contributed by atoms with Gasteiger partial charge in [-0.05, 0) is 116 Å². The predicted octanol–water partition coefficient (Wildman–Crippen LogP) is 16.7. The van der Waals surface area contributed by atoms with Crippen molar-refractivity contribution < 1.29 is 32.9 Å². The Morgan fingerprint density at radius 3 is 1.29 bits per heavy atom. The highest BCUT2D eigenvalue weighted by Gasteiger charge is 2.23. The standard InChI is InChI=1S/C63H105N2O6P/c1-6-8-10-12-14-16-18-20-22-24-26-27-28-29-30-31-32-33-34-35-36-37-39-41-43-45-47-49-51-53-55-57-63(67)64-61(60-71-72(68,69)70-59-58-65(3,4)5)62(66)56-54-52-50-48-46-44-42-40-38-25-23-21-19-17-15-13-11-9-7-2/h8,10,14,16,20,22,26-27,29-30,32-33,35-36,38-41,45-48,54,56,61-62,66H,6-7,9,11-13,15,17-19,21,23-25,28,31,34,37,42-44,49-53,55,57-60H2,1-5H3,(H-,64,67,68,69)/b10-8-,16-14-,22-20-,27-26-,30-29-,33-32-,36-35-,40-38+,41-39-,47-45-,48-46+,56-54+. The first-order valence-corrected chi connectivity index (χ1v) is 29.7. The maximum absolute atomic E-state index is 12.9. The Hall–Kier alpha value is -3.62. The van der Waals surface area contributed by atoms with Crippen molar-refractivity contribution in [3.63, 3.8) is 0 Å². The highest BCUT2D eigenvalue weighted by atomic mass is 31.2. The number of aliphatic hydroxyl groups is 1. The number of nitrogens with zero attached hydrogens (tertiary/aromatic N) is 1. The van der Waals surface area contributed by atoms with Crippen molar-refractivity contribution in [1.29, 1.82) is 0 Å². The van der Waals surface area contributed by atoms with Crippen molar-refractivity contribution in [3.05, 3.63) is 146 Å². The molecule has 0 aromatic heterocycles. The van der Waals surface area contributed by atoms with Gasteiger partial charge in [-0.3, -0.25) is 9.36 Å². The summed E-state index contributed by atoms with van der Waals surface area (Å²) in [4.78, 5) is 25.5. The second kappa shape index (κ2) is 52.3. The number of amides is 1. The van der Waals surface area contributed by atoms with Crippen LogP contribution in [0, 0.1) is 0 Å². The van der Waals surface area contributed by atoms with E-state index in [2.05, 4.69) is 153 Å². The van der Waals surface area contributed by atoms with E-state index in [4.69, 9.17) is 9.05 Å². The molecule has 2 N–H and O–H groups in total. The Bertz CT molecular complexity index is 1670. The predicted molar refractivity (Wildman–Crippen MR) is 311 cm³/mol. The van der Waals surface area contributed by atoms with Crippen molar-refractivity contribution in [2.75, 3.05) is 40.9 Å². The molecule has 0 rings (SSSR count). The van der Waals surface area contributed by atoms with Gasteiger partial charge in [0, 0.05) is 6.42 Å². The van der Waals surface area contributed by atoms with Crippen molar-refractivity contribution in [3.8, 4) is 0 Å². The van der Waals surface area contributed by atoms with Crippen LogP contribution in [0.1, 0.15) is 194 Å². The second-order valence-electron chi connectivity index (χ2n) is 19.5. The molecule has 0 aromatic carbocycles. The van der Waals surface area contributed by atoms with Gasteiger partial charge in [-0.2, -0.15) is 0 Å². The number of allylic oxidation sites excluding steroid dienone is 23. The van der Waals surface area contributed by atoms with Gasteiger partial charge in [-0.1, -0.05) is 217 Å². The summed E-state index contributed by atoms with van der Waals surface area (Å²) in [6.07, 6.45) is 80.6. The molecule has 0 saturated heterocycles. The van der Waals surface area contributed by atoms with Crippen LogP contribution in [0.25, 0.3) is 0 Å². The van der Waals surface area contributed by atoms with E-state index in [0.717, 1.165) is 96.3 Å². The van der Waals surface area contributed by atoms with Crippen LogP contribution >= 0.6 is 7.82 Å². The van der Waals surface area contributed by atoms with Crippen molar-refractivity contribution in [2.45, 2.75) is 206 Å². The lowest BCUT2D eigenvalue weighted by Crippen LogP contribution is -2.45. The zero-order valence-corrected chi connectivity index (χ0v) is 47.2. The third kappa shape index (κ3) is 54.2. The molecule has 0 heterocycles. The van der Waals surface area contributed by atoms with E-state index in [-0.39, 0.29) is 18.9 Å². The number of carbonyl (C=O) groups is 1. The molecule has 0 radical (unpaired) electrons. The first-order valence-electron chi connectivity index (χ1n) is 28.2. The summed E-state index contributed by atoms with van der Waals surface area (Å²) in [5, 5.41) is 13.8. The number of likely N-dealkylation sites (N-methyl/N-ethyl adjacent to an activating group) is 1. The molecule has 3 atom stereocenters. The Balaban J connectivity index is 4.42. The molecule has 0 fully saturated rings. The Kier molecular flexibility index (Phi) is 49.6. The Labute approximate surface area is 442 Å². The SMILES string of the molecule is CC/C=C\C/C=C\C/C=C\C/C=C\C/C=C\C/C=C\C/C=C\C/C=C\C/C=C\CCCCCC(=O)NC(COP(=O)([O-])OCC[N+](C)(C)C)C(O)/C=C/CC/C=C/CC/C=C/CCCCCCCCCCC. The third-order valence-electron chi connectivity index (χ3n) is 11.5. The van der Waals surface area contributed by atoms with Crippen LogP contribution < -0.4 is 10.2 Å². The molecule has 0 aliphatic rings. The molecule has 0 aliphatic carbocycles. The summed E-state index contributed by atoms with van der Waals surface area (Å²) in [7, 11) is 1.19. The molecular formula is C63H105N2O6P. The number of aliphatic hydroxyl groups excluding tert-OH is 1. The van der Waals surface area contributed by atoms with Gasteiger partial charge in [-0.25, -0.2) is 0 Å². The van der Waals surface area contributed by atoms with Gasteiger partial charge in [0.2, 0.25) is 5.91 Å². The van der Waals surface area contributed by atoms with Gasteiger partial charge >= 0.3 is 0 Å². The minimum atomic E-state index is -4.63. The first kappa shape index (κ1) is 68.4. The van der Waals surface area contributed by atoms with E-state index in [1.165, 1.54) is 64.2 Å². The average molecular weight is 1020 g/mol. The smallest absolute Gasteiger partial charge is 0.268 e. The maximum atomic E-state index is 12.9. The molecule has 1 amide bonds. The van der Waals surface area contributed by atoms with Crippen LogP contribution in [0.4, 0.5) is 0 Å². The van der Waals surface area contributed by atoms with E-state index >= 15 is 0 Å². The zero-order chi connectivity index (χ0) is 52.7. The minimum Gasteiger partial charge on any atom is -0.756 e. The number of rotatable bonds is 49. The lowest BCUT2D eigenvalue weighted by Gasteiger charge is -2.29. The molecule has 0 aromatic rings. The Morgan fingerprint density at radius 1 is 0.500 bits per heavy atom. The summed E-state index contributed by atoms with van der Waals surface area (Å²) in [5.74, 6) is -0.250. The van der Waals surface area contributed by atoms with Crippen LogP contribution in [0.2, 0.25) is 0 Å². The fourth-order valence-corrected chi connectivity index (χ4v) is 7.84. The number of nitrogens with one attached hydrogen (secondary N) is 1. The number of carbonyl (C=O) groups excluding carboxylic acids is 1. The van der Waals surface area contributed by atoms with Gasteiger partial charge in [0.15, 0.2) is 0 Å². The van der Waals surface area contributed by atoms with Gasteiger partial charge in [0.25, 0.3) is 7.82 Å². The van der Waals surface area contributed by atoms with E-state index in [1.54, 1.807) is 6.08 Å². The monoisotopic (exact) mass is 1020 g/mol. The zero-order valence-electron chi connectivity index (χ0n) is 46.3. The van der Waals surface area contributed by atoms with Gasteiger partial charge in [0.1, 0.15) is 13.2 Å². The van der Waals surface area contributed by atoms with Crippen LogP contribution in [0.5, 0.6) is 0 Å². The summed E-state index contributed by atoms with van der Waals surface area (Å²) >= 11 is 0. The number of phosphoric acid groups is 1. The highest BCUT2D eigenvalue weighted by Crippen LogP contribution is 2.38. The normalized spacial score (nSPS) is 15.0. The minimum absolute atomic E-state index is 0.0246. The lowest BCUT2D eigenvalue weighted by atomic mass is 10.1. The number of hydrogen-bond acceptors (Lipinski definition) is 6. The molecule has 0 aliphatic heterocycles. The number of quaternary nitrogens is 1. The van der Waals surface area contributed by atoms with Crippen LogP contribution in [0.3, 0.4) is 0 Å². The number of phosphoric ester groups is 1. The molecule has 3 unspecified atom stereocenters. The summed E-state index contributed by atoms with van der Waals surface area (Å²) in [5.41, 5.74) is 0. The van der Waals surface area contributed by atoms with Gasteiger partial charge in [0.05, 0.1) is 39.9 Å². The molecule has 9 heteroatoms. The quantitative estimate of drug-likeness (QED) is 0.0272. The molecule has 0 bridgehead atoms. The lowest BCUT2D eigenvalue weighted by molar-refractivity contribution is -0.870. The highest BCUT2D eigenvalue weighted by molar-refractivity contribution is 7.45. The van der Waals surface area contributed by atoms with Crippen LogP contribution in [0.15, 0.2) is 146 Å². The van der Waals surface area contributed by atoms with Gasteiger partial charge in [-0.15, -0.1) is 0 Å². The van der Waals surface area contributed by atoms with Crippen molar-refractivity contribution in [2.24, 2.45) is 0 Å². The van der Waals surface area contributed by atoms with Crippen LogP contribution in [-0.4, -0.2) is 68.5 Å². The molecule has 408 valence electrons. The first-order chi connectivity index (χ1) is 35.0. The molecule has 72 heavy (non-hydrogen) atoms. The molecular weight excluding hydrogens is 912 g/mol. The molecule has 8 nitrogen and oxygen atoms in total. The van der Waals surface area contributed by atoms with Gasteiger partial charge < -0.3 is 28.8 Å². The fraction of sp³-hybridized carbons (Fsp3) is 0.603. The van der Waals surface area contributed by atoms with Crippen LogP contribution in [-0.2, 0) is 18.4 Å².